The lowest BCUT2D eigenvalue weighted by atomic mass is 9.90. The molecule has 0 aromatic heterocycles. The van der Waals surface area contributed by atoms with Crippen molar-refractivity contribution in [2.75, 3.05) is 12.3 Å². The van der Waals surface area contributed by atoms with Gasteiger partial charge in [-0.15, -0.1) is 12.4 Å². The van der Waals surface area contributed by atoms with Gasteiger partial charge >= 0.3 is 0 Å². The van der Waals surface area contributed by atoms with Crippen LogP contribution in [0.5, 0.6) is 0 Å². The Kier molecular flexibility index (Phi) is 6.98. The van der Waals surface area contributed by atoms with E-state index in [0.29, 0.717) is 11.3 Å². The smallest absolute Gasteiger partial charge is 0.240 e. The molecule has 3 nitrogen and oxygen atoms in total. The number of hydrogen-bond acceptors (Lipinski definition) is 3. The molecule has 1 saturated carbocycles. The van der Waals surface area contributed by atoms with Crippen molar-refractivity contribution in [3.63, 3.8) is 0 Å². The Hall–Kier alpha value is 0.0700. The average Bonchev–Trinajstić information content (AvgIpc) is 2.78. The summed E-state index contributed by atoms with van der Waals surface area (Å²) in [6, 6.07) is 0.392. The number of halogens is 1. The minimum absolute atomic E-state index is 0. The molecular weight excluding hydrogens is 280 g/mol. The lowest BCUT2D eigenvalue weighted by Crippen LogP contribution is -2.59. The number of hydrogen-bond donors (Lipinski definition) is 2. The summed E-state index contributed by atoms with van der Waals surface area (Å²) in [5, 5.41) is 7.33. The topological polar surface area (TPSA) is 41.1 Å². The van der Waals surface area contributed by atoms with Crippen molar-refractivity contribution in [3.8, 4) is 0 Å². The molecule has 2 rings (SSSR count). The molecule has 1 aliphatic heterocycles. The Morgan fingerprint density at radius 1 is 1.37 bits per heavy atom. The summed E-state index contributed by atoms with van der Waals surface area (Å²) < 4.78 is 0. The molecule has 2 N–H and O–H groups in total. The van der Waals surface area contributed by atoms with E-state index in [9.17, 15) is 4.79 Å². The zero-order valence-corrected chi connectivity index (χ0v) is 13.7. The fourth-order valence-electron chi connectivity index (χ4n) is 3.08. The molecule has 2 aliphatic rings. The minimum Gasteiger partial charge on any atom is -0.351 e. The molecule has 0 bridgehead atoms. The number of amides is 1. The number of carbonyl (C=O) groups is 1. The van der Waals surface area contributed by atoms with Gasteiger partial charge < -0.3 is 10.6 Å². The van der Waals surface area contributed by atoms with Gasteiger partial charge in [-0.2, -0.15) is 11.8 Å². The molecule has 0 spiro atoms. The van der Waals surface area contributed by atoms with E-state index in [2.05, 4.69) is 24.5 Å². The standard InChI is InChI=1S/C14H26N2OS.ClH/c1-3-18-12-8-6-7-11(12)16-13(17)14(2)9-4-5-10-15-14;/h11-12,15H,3-10H2,1-2H3,(H,16,17);1H. The zero-order valence-electron chi connectivity index (χ0n) is 12.0. The lowest BCUT2D eigenvalue weighted by Gasteiger charge is -2.35. The second-order valence-corrected chi connectivity index (χ2v) is 7.24. The van der Waals surface area contributed by atoms with E-state index >= 15 is 0 Å². The highest BCUT2D eigenvalue weighted by molar-refractivity contribution is 7.99. The van der Waals surface area contributed by atoms with Crippen LogP contribution in [0, 0.1) is 0 Å². The van der Waals surface area contributed by atoms with Crippen molar-refractivity contribution >= 4 is 30.1 Å². The first-order valence-electron chi connectivity index (χ1n) is 7.33. The first-order valence-corrected chi connectivity index (χ1v) is 8.38. The van der Waals surface area contributed by atoms with Gasteiger partial charge in [-0.25, -0.2) is 0 Å². The second-order valence-electron chi connectivity index (χ2n) is 5.72. The van der Waals surface area contributed by atoms with Gasteiger partial charge in [0.25, 0.3) is 0 Å². The van der Waals surface area contributed by atoms with Crippen molar-refractivity contribution in [2.45, 2.75) is 69.2 Å². The van der Waals surface area contributed by atoms with Crippen molar-refractivity contribution in [1.29, 1.82) is 0 Å². The third-order valence-electron chi connectivity index (χ3n) is 4.27. The Bertz CT molecular complexity index is 295. The number of thioether (sulfide) groups is 1. The van der Waals surface area contributed by atoms with Gasteiger partial charge in [-0.3, -0.25) is 4.79 Å². The van der Waals surface area contributed by atoms with Gasteiger partial charge in [0.15, 0.2) is 0 Å². The van der Waals surface area contributed by atoms with E-state index in [1.807, 2.05) is 11.8 Å². The van der Waals surface area contributed by atoms with Crippen LogP contribution in [0.3, 0.4) is 0 Å². The first-order chi connectivity index (χ1) is 8.65. The van der Waals surface area contributed by atoms with Gasteiger partial charge in [0.05, 0.1) is 5.54 Å². The largest absolute Gasteiger partial charge is 0.351 e. The van der Waals surface area contributed by atoms with Gasteiger partial charge in [0, 0.05) is 11.3 Å². The maximum absolute atomic E-state index is 12.4. The van der Waals surface area contributed by atoms with Crippen LogP contribution in [0.15, 0.2) is 0 Å². The third-order valence-corrected chi connectivity index (χ3v) is 5.60. The van der Waals surface area contributed by atoms with Crippen molar-refractivity contribution < 1.29 is 4.79 Å². The number of rotatable bonds is 4. The molecule has 1 amide bonds. The van der Waals surface area contributed by atoms with Crippen molar-refractivity contribution in [2.24, 2.45) is 0 Å². The minimum atomic E-state index is -0.331. The van der Waals surface area contributed by atoms with Crippen LogP contribution in [0.2, 0.25) is 0 Å². The van der Waals surface area contributed by atoms with Gasteiger partial charge in [0.2, 0.25) is 5.91 Å². The van der Waals surface area contributed by atoms with Crippen molar-refractivity contribution in [3.05, 3.63) is 0 Å². The monoisotopic (exact) mass is 306 g/mol. The summed E-state index contributed by atoms with van der Waals surface area (Å²) in [6.45, 7) is 5.23. The predicted molar refractivity (Wildman–Crippen MR) is 85.2 cm³/mol. The van der Waals surface area contributed by atoms with Crippen LogP contribution in [0.25, 0.3) is 0 Å². The van der Waals surface area contributed by atoms with E-state index in [1.165, 1.54) is 19.3 Å². The van der Waals surface area contributed by atoms with Gasteiger partial charge in [-0.05, 0) is 51.3 Å². The molecule has 1 aliphatic carbocycles. The maximum atomic E-state index is 12.4. The highest BCUT2D eigenvalue weighted by Crippen LogP contribution is 2.30. The van der Waals surface area contributed by atoms with Crippen LogP contribution in [-0.4, -0.2) is 35.0 Å². The molecule has 0 aromatic rings. The van der Waals surface area contributed by atoms with E-state index in [4.69, 9.17) is 0 Å². The summed E-state index contributed by atoms with van der Waals surface area (Å²) in [5.41, 5.74) is -0.331. The molecule has 0 aromatic carbocycles. The Balaban J connectivity index is 0.00000180. The zero-order chi connectivity index (χ0) is 13.0. The van der Waals surface area contributed by atoms with Crippen LogP contribution in [-0.2, 0) is 4.79 Å². The number of carbonyl (C=O) groups excluding carboxylic acids is 1. The first kappa shape index (κ1) is 17.1. The van der Waals surface area contributed by atoms with Crippen LogP contribution in [0.1, 0.15) is 52.4 Å². The quantitative estimate of drug-likeness (QED) is 0.839. The molecule has 19 heavy (non-hydrogen) atoms. The molecule has 1 heterocycles. The van der Waals surface area contributed by atoms with Gasteiger partial charge in [0.1, 0.15) is 0 Å². The molecule has 3 atom stereocenters. The second kappa shape index (κ2) is 7.75. The average molecular weight is 307 g/mol. The molecule has 3 unspecified atom stereocenters. The molecule has 2 fully saturated rings. The summed E-state index contributed by atoms with van der Waals surface area (Å²) in [7, 11) is 0. The highest BCUT2D eigenvalue weighted by atomic mass is 35.5. The van der Waals surface area contributed by atoms with Crippen LogP contribution < -0.4 is 10.6 Å². The van der Waals surface area contributed by atoms with E-state index in [0.717, 1.165) is 31.6 Å². The molecular formula is C14H27ClN2OS. The number of piperidine rings is 1. The van der Waals surface area contributed by atoms with E-state index < -0.39 is 0 Å². The van der Waals surface area contributed by atoms with Crippen LogP contribution in [0.4, 0.5) is 0 Å². The molecule has 112 valence electrons. The third kappa shape index (κ3) is 4.27. The fraction of sp³-hybridized carbons (Fsp3) is 0.929. The summed E-state index contributed by atoms with van der Waals surface area (Å²) in [5.74, 6) is 1.36. The lowest BCUT2D eigenvalue weighted by molar-refractivity contribution is -0.128. The molecule has 1 saturated heterocycles. The van der Waals surface area contributed by atoms with Crippen molar-refractivity contribution in [1.82, 2.24) is 10.6 Å². The normalized spacial score (nSPS) is 34.6. The Labute approximate surface area is 127 Å². The SMILES string of the molecule is CCSC1CCCC1NC(=O)C1(C)CCCCN1.Cl. The maximum Gasteiger partial charge on any atom is 0.240 e. The predicted octanol–water partition coefficient (Wildman–Crippen LogP) is 2.73. The fourth-order valence-corrected chi connectivity index (χ4v) is 4.28. The summed E-state index contributed by atoms with van der Waals surface area (Å²) in [4.78, 5) is 12.4. The highest BCUT2D eigenvalue weighted by Gasteiger charge is 2.37. The number of nitrogens with one attached hydrogen (secondary N) is 2. The molecule has 5 heteroatoms. The summed E-state index contributed by atoms with van der Waals surface area (Å²) >= 11 is 2.00. The van der Waals surface area contributed by atoms with Crippen LogP contribution >= 0.6 is 24.2 Å². The Morgan fingerprint density at radius 2 is 2.16 bits per heavy atom. The van der Waals surface area contributed by atoms with Gasteiger partial charge in [-0.1, -0.05) is 13.3 Å². The van der Waals surface area contributed by atoms with E-state index in [-0.39, 0.29) is 23.9 Å². The Morgan fingerprint density at radius 3 is 2.79 bits per heavy atom. The molecule has 0 radical (unpaired) electrons. The summed E-state index contributed by atoms with van der Waals surface area (Å²) in [6.07, 6.45) is 6.99. The van der Waals surface area contributed by atoms with E-state index in [1.54, 1.807) is 0 Å².